The number of hydrogen-bond acceptors (Lipinski definition) is 3. The fourth-order valence-corrected chi connectivity index (χ4v) is 4.35. The van der Waals surface area contributed by atoms with E-state index in [-0.39, 0.29) is 30.0 Å². The molecule has 2 N–H and O–H groups in total. The molecule has 162 valence electrons. The summed E-state index contributed by atoms with van der Waals surface area (Å²) in [4.78, 5) is 9.42. The van der Waals surface area contributed by atoms with Gasteiger partial charge in [0, 0.05) is 50.9 Å². The van der Waals surface area contributed by atoms with Crippen LogP contribution in [-0.4, -0.2) is 62.2 Å². The van der Waals surface area contributed by atoms with Gasteiger partial charge in [0.1, 0.15) is 11.6 Å². The predicted molar refractivity (Wildman–Crippen MR) is 124 cm³/mol. The quantitative estimate of drug-likeness (QED) is 0.344. The van der Waals surface area contributed by atoms with E-state index in [0.29, 0.717) is 18.2 Å². The van der Waals surface area contributed by atoms with Crippen LogP contribution in [0.5, 0.6) is 0 Å². The van der Waals surface area contributed by atoms with Crippen molar-refractivity contribution in [3.05, 3.63) is 29.8 Å². The first kappa shape index (κ1) is 22.5. The maximum atomic E-state index is 14.1. The van der Waals surface area contributed by atoms with Crippen LogP contribution < -0.4 is 15.5 Å². The van der Waals surface area contributed by atoms with E-state index in [1.807, 2.05) is 4.90 Å². The Bertz CT molecular complexity index is 712. The van der Waals surface area contributed by atoms with Gasteiger partial charge in [-0.25, -0.2) is 8.78 Å². The molecule has 2 unspecified atom stereocenters. The van der Waals surface area contributed by atoms with E-state index >= 15 is 0 Å². The molecule has 0 amide bonds. The number of anilines is 1. The van der Waals surface area contributed by atoms with E-state index in [1.165, 1.54) is 44.5 Å². The van der Waals surface area contributed by atoms with Crippen molar-refractivity contribution in [3.8, 4) is 0 Å². The van der Waals surface area contributed by atoms with E-state index in [1.54, 1.807) is 0 Å². The van der Waals surface area contributed by atoms with Crippen molar-refractivity contribution in [2.75, 3.05) is 44.2 Å². The van der Waals surface area contributed by atoms with Crippen LogP contribution in [0.25, 0.3) is 0 Å². The van der Waals surface area contributed by atoms with Gasteiger partial charge in [-0.1, -0.05) is 0 Å². The highest BCUT2D eigenvalue weighted by Gasteiger charge is 2.34. The monoisotopic (exact) mass is 519 g/mol. The Morgan fingerprint density at radius 3 is 2.69 bits per heavy atom. The van der Waals surface area contributed by atoms with Crippen molar-refractivity contribution in [3.63, 3.8) is 0 Å². The molecule has 3 aliphatic rings. The molecule has 1 saturated carbocycles. The fraction of sp³-hybridized carbons (Fsp3) is 0.667. The lowest BCUT2D eigenvalue weighted by Crippen LogP contribution is -2.45. The number of halogens is 3. The number of likely N-dealkylation sites (tertiary alicyclic amines) is 1. The van der Waals surface area contributed by atoms with E-state index in [0.717, 1.165) is 44.1 Å². The van der Waals surface area contributed by atoms with Crippen LogP contribution in [0, 0.1) is 17.6 Å². The van der Waals surface area contributed by atoms with Crippen molar-refractivity contribution in [1.29, 1.82) is 0 Å². The Morgan fingerprint density at radius 2 is 1.97 bits per heavy atom. The molecule has 1 aliphatic carbocycles. The van der Waals surface area contributed by atoms with Crippen molar-refractivity contribution >= 4 is 35.6 Å². The third kappa shape index (κ3) is 5.93. The molecule has 3 fully saturated rings. The molecule has 1 aromatic carbocycles. The second-order valence-electron chi connectivity index (χ2n) is 8.27. The average molecular weight is 519 g/mol. The third-order valence-electron chi connectivity index (χ3n) is 6.01. The first-order chi connectivity index (χ1) is 13.6. The van der Waals surface area contributed by atoms with Crippen LogP contribution in [0.15, 0.2) is 23.2 Å². The fourth-order valence-electron chi connectivity index (χ4n) is 4.35. The lowest BCUT2D eigenvalue weighted by atomic mass is 10.1. The maximum Gasteiger partial charge on any atom is 0.191 e. The summed E-state index contributed by atoms with van der Waals surface area (Å²) in [5.41, 5.74) is 0.471. The van der Waals surface area contributed by atoms with Crippen molar-refractivity contribution < 1.29 is 8.78 Å². The minimum Gasteiger partial charge on any atom is -0.367 e. The Morgan fingerprint density at radius 1 is 1.14 bits per heavy atom. The molecule has 8 heteroatoms. The largest absolute Gasteiger partial charge is 0.367 e. The zero-order chi connectivity index (χ0) is 19.5. The molecular weight excluding hydrogens is 487 g/mol. The second kappa shape index (κ2) is 10.2. The normalized spacial score (nSPS) is 25.2. The van der Waals surface area contributed by atoms with E-state index in [9.17, 15) is 8.78 Å². The van der Waals surface area contributed by atoms with Gasteiger partial charge in [-0.15, -0.1) is 24.0 Å². The average Bonchev–Trinajstić information content (AvgIpc) is 3.23. The molecule has 29 heavy (non-hydrogen) atoms. The number of rotatable bonds is 6. The lowest BCUT2D eigenvalue weighted by molar-refractivity contribution is 0.315. The minimum atomic E-state index is -0.538. The Balaban J connectivity index is 0.00000240. The zero-order valence-corrected chi connectivity index (χ0v) is 19.4. The summed E-state index contributed by atoms with van der Waals surface area (Å²) in [6, 6.07) is 4.84. The van der Waals surface area contributed by atoms with Crippen LogP contribution in [0.3, 0.4) is 0 Å². The molecule has 2 atom stereocenters. The molecule has 2 heterocycles. The minimum absolute atomic E-state index is 0. The molecular formula is C21H32F2IN5. The van der Waals surface area contributed by atoms with Gasteiger partial charge in [0.2, 0.25) is 0 Å². The van der Waals surface area contributed by atoms with Gasteiger partial charge in [-0.2, -0.15) is 0 Å². The Hall–Kier alpha value is -1.16. The van der Waals surface area contributed by atoms with Gasteiger partial charge in [0.15, 0.2) is 5.96 Å². The van der Waals surface area contributed by atoms with E-state index in [4.69, 9.17) is 4.99 Å². The molecule has 0 spiro atoms. The standard InChI is InChI=1S/C21H31F2N5.HI/c1-2-24-21(25-12-15-7-9-27(13-15)18-4-5-18)26-17-8-10-28(14-17)20-6-3-16(22)11-19(20)23;/h3,6,11,15,17-18H,2,4-5,7-10,12-14H2,1H3,(H2,24,25,26);1H. The summed E-state index contributed by atoms with van der Waals surface area (Å²) >= 11 is 0. The number of guanidine groups is 1. The molecule has 2 saturated heterocycles. The van der Waals surface area contributed by atoms with Crippen LogP contribution in [0.2, 0.25) is 0 Å². The molecule has 2 aliphatic heterocycles. The third-order valence-corrected chi connectivity index (χ3v) is 6.01. The maximum absolute atomic E-state index is 14.1. The second-order valence-corrected chi connectivity index (χ2v) is 8.27. The summed E-state index contributed by atoms with van der Waals surface area (Å²) in [5.74, 6) is 0.453. The summed E-state index contributed by atoms with van der Waals surface area (Å²) in [6.07, 6.45) is 4.88. The summed E-state index contributed by atoms with van der Waals surface area (Å²) in [5, 5.41) is 6.84. The molecule has 1 aromatic rings. The molecule has 0 radical (unpaired) electrons. The van der Waals surface area contributed by atoms with Gasteiger partial charge in [-0.05, 0) is 57.2 Å². The van der Waals surface area contributed by atoms with E-state index < -0.39 is 11.6 Å². The number of hydrogen-bond donors (Lipinski definition) is 2. The predicted octanol–water partition coefficient (Wildman–Crippen LogP) is 3.20. The highest BCUT2D eigenvalue weighted by molar-refractivity contribution is 14.0. The zero-order valence-electron chi connectivity index (χ0n) is 17.0. The van der Waals surface area contributed by atoms with Crippen LogP contribution >= 0.6 is 24.0 Å². The highest BCUT2D eigenvalue weighted by Crippen LogP contribution is 2.31. The lowest BCUT2D eigenvalue weighted by Gasteiger charge is -2.21. The van der Waals surface area contributed by atoms with Gasteiger partial charge in [-0.3, -0.25) is 4.99 Å². The van der Waals surface area contributed by atoms with E-state index in [2.05, 4.69) is 22.5 Å². The first-order valence-corrected chi connectivity index (χ1v) is 10.6. The van der Waals surface area contributed by atoms with Gasteiger partial charge in [0.05, 0.1) is 5.69 Å². The number of aliphatic imine (C=N–C) groups is 1. The smallest absolute Gasteiger partial charge is 0.191 e. The number of nitrogens with zero attached hydrogens (tertiary/aromatic N) is 3. The van der Waals surface area contributed by atoms with Gasteiger partial charge < -0.3 is 20.4 Å². The number of nitrogens with one attached hydrogen (secondary N) is 2. The van der Waals surface area contributed by atoms with Crippen molar-refractivity contribution in [2.45, 2.75) is 44.7 Å². The summed E-state index contributed by atoms with van der Waals surface area (Å²) in [7, 11) is 0. The van der Waals surface area contributed by atoms with Gasteiger partial charge >= 0.3 is 0 Å². The van der Waals surface area contributed by atoms with Crippen LogP contribution in [-0.2, 0) is 0 Å². The van der Waals surface area contributed by atoms with Crippen LogP contribution in [0.4, 0.5) is 14.5 Å². The number of benzene rings is 1. The Labute approximate surface area is 189 Å². The highest BCUT2D eigenvalue weighted by atomic mass is 127. The Kier molecular flexibility index (Phi) is 7.95. The summed E-state index contributed by atoms with van der Waals surface area (Å²) < 4.78 is 27.2. The summed E-state index contributed by atoms with van der Waals surface area (Å²) in [6.45, 7) is 7.56. The molecule has 5 nitrogen and oxygen atoms in total. The van der Waals surface area contributed by atoms with Crippen molar-refractivity contribution in [1.82, 2.24) is 15.5 Å². The first-order valence-electron chi connectivity index (χ1n) is 10.6. The molecule has 0 aromatic heterocycles. The molecule has 0 bridgehead atoms. The SMILES string of the molecule is CCNC(=NCC1CCN(C2CC2)C1)NC1CCN(c2ccc(F)cc2F)C1.I. The molecule has 4 rings (SSSR count). The topological polar surface area (TPSA) is 42.9 Å². The van der Waals surface area contributed by atoms with Crippen molar-refractivity contribution in [2.24, 2.45) is 10.9 Å². The van der Waals surface area contributed by atoms with Gasteiger partial charge in [0.25, 0.3) is 0 Å². The van der Waals surface area contributed by atoms with Crippen LogP contribution in [0.1, 0.15) is 32.6 Å².